The van der Waals surface area contributed by atoms with Crippen LogP contribution in [-0.4, -0.2) is 34.6 Å². The Morgan fingerprint density at radius 3 is 2.65 bits per heavy atom. The number of anilines is 1. The van der Waals surface area contributed by atoms with Crippen molar-refractivity contribution >= 4 is 39.2 Å². The lowest BCUT2D eigenvalue weighted by atomic mass is 9.97. The Balaban J connectivity index is 1.68. The van der Waals surface area contributed by atoms with Gasteiger partial charge in [0.2, 0.25) is 0 Å². The second-order valence-electron chi connectivity index (χ2n) is 7.84. The Morgan fingerprint density at radius 1 is 1.06 bits per heavy atom. The summed E-state index contributed by atoms with van der Waals surface area (Å²) < 4.78 is 28.0. The molecule has 0 radical (unpaired) electrons. The van der Waals surface area contributed by atoms with Gasteiger partial charge < -0.3 is 20.6 Å². The molecule has 0 atom stereocenters. The van der Waals surface area contributed by atoms with E-state index in [0.29, 0.717) is 45.4 Å². The number of halogens is 3. The summed E-state index contributed by atoms with van der Waals surface area (Å²) >= 11 is 6.07. The molecule has 1 aliphatic rings. The number of nitrogens with one attached hydrogen (secondary N) is 4. The lowest BCUT2D eigenvalue weighted by molar-refractivity contribution is 0.390. The number of rotatable bonds is 4. The van der Waals surface area contributed by atoms with Gasteiger partial charge >= 0.3 is 0 Å². The molecule has 4 aromatic rings. The number of imidazole rings is 1. The first-order valence-corrected chi connectivity index (χ1v) is 10.5. The first-order valence-electron chi connectivity index (χ1n) is 10.1. The Morgan fingerprint density at radius 2 is 1.84 bits per heavy atom. The fourth-order valence-corrected chi connectivity index (χ4v) is 4.30. The van der Waals surface area contributed by atoms with Gasteiger partial charge in [0.25, 0.3) is 5.56 Å². The zero-order valence-corrected chi connectivity index (χ0v) is 17.2. The minimum Gasteiger partial charge on any atom is -0.383 e. The van der Waals surface area contributed by atoms with E-state index in [4.69, 9.17) is 11.6 Å². The topological polar surface area (TPSA) is 85.6 Å². The Hall–Kier alpha value is -2.97. The highest BCUT2D eigenvalue weighted by molar-refractivity contribution is 6.31. The molecule has 9 heteroatoms. The summed E-state index contributed by atoms with van der Waals surface area (Å²) in [4.78, 5) is 23.4. The van der Waals surface area contributed by atoms with E-state index in [9.17, 15) is 13.6 Å². The first-order chi connectivity index (χ1) is 15.0. The maximum Gasteiger partial charge on any atom is 0.261 e. The molecule has 0 unspecified atom stereocenters. The van der Waals surface area contributed by atoms with Crippen molar-refractivity contribution in [3.8, 4) is 11.4 Å². The second kappa shape index (κ2) is 7.94. The third-order valence-corrected chi connectivity index (χ3v) is 6.00. The van der Waals surface area contributed by atoms with Crippen LogP contribution in [0.25, 0.3) is 33.3 Å². The molecule has 1 aliphatic heterocycles. The largest absolute Gasteiger partial charge is 0.383 e. The fraction of sp³-hybridized carbons (Fsp3) is 0.273. The van der Waals surface area contributed by atoms with E-state index in [-0.39, 0.29) is 11.1 Å². The van der Waals surface area contributed by atoms with Crippen LogP contribution in [0.1, 0.15) is 12.8 Å². The predicted octanol–water partition coefficient (Wildman–Crippen LogP) is 4.41. The zero-order valence-electron chi connectivity index (χ0n) is 16.5. The quantitative estimate of drug-likeness (QED) is 0.376. The highest BCUT2D eigenvalue weighted by Crippen LogP contribution is 2.33. The number of aromatic nitrogens is 3. The molecular weight excluding hydrogens is 424 g/mol. The summed E-state index contributed by atoms with van der Waals surface area (Å²) in [5.74, 6) is -1.26. The lowest BCUT2D eigenvalue weighted by Crippen LogP contribution is -2.31. The molecule has 0 saturated carbocycles. The number of hydrogen-bond acceptors (Lipinski definition) is 4. The van der Waals surface area contributed by atoms with Crippen molar-refractivity contribution in [1.29, 1.82) is 0 Å². The Kier molecular flexibility index (Phi) is 5.11. The van der Waals surface area contributed by atoms with Gasteiger partial charge in [0, 0.05) is 23.0 Å². The third-order valence-electron chi connectivity index (χ3n) is 5.76. The van der Waals surface area contributed by atoms with Gasteiger partial charge in [-0.3, -0.25) is 4.79 Å². The number of hydrogen-bond donors (Lipinski definition) is 4. The molecule has 31 heavy (non-hydrogen) atoms. The molecule has 0 bridgehead atoms. The molecule has 0 amide bonds. The van der Waals surface area contributed by atoms with E-state index in [1.54, 1.807) is 18.2 Å². The van der Waals surface area contributed by atoms with Crippen LogP contribution >= 0.6 is 11.6 Å². The Bertz CT molecular complexity index is 1340. The number of fused-ring (bicyclic) bond motifs is 2. The first kappa shape index (κ1) is 20.0. The van der Waals surface area contributed by atoms with Gasteiger partial charge in [0.15, 0.2) is 11.6 Å². The van der Waals surface area contributed by atoms with Gasteiger partial charge in [-0.25, -0.2) is 13.8 Å². The van der Waals surface area contributed by atoms with Gasteiger partial charge in [-0.1, -0.05) is 11.6 Å². The van der Waals surface area contributed by atoms with Gasteiger partial charge in [0.1, 0.15) is 11.4 Å². The SMILES string of the molecule is O=c1[nH]c2cc(F)c(F)cc2c(NCC2CCNCC2)c1-c1nc2cc(Cl)ccc2[nH]1. The molecule has 3 heterocycles. The van der Waals surface area contributed by atoms with Crippen LogP contribution in [0.5, 0.6) is 0 Å². The van der Waals surface area contributed by atoms with E-state index in [1.165, 1.54) is 0 Å². The molecular formula is C22H20ClF2N5O. The van der Waals surface area contributed by atoms with Crippen molar-refractivity contribution in [3.05, 3.63) is 57.3 Å². The molecule has 1 fully saturated rings. The van der Waals surface area contributed by atoms with Gasteiger partial charge in [-0.05, 0) is 56.1 Å². The monoisotopic (exact) mass is 443 g/mol. The van der Waals surface area contributed by atoms with Crippen LogP contribution in [0, 0.1) is 17.6 Å². The molecule has 1 saturated heterocycles. The van der Waals surface area contributed by atoms with Crippen molar-refractivity contribution in [2.24, 2.45) is 5.92 Å². The zero-order chi connectivity index (χ0) is 21.5. The number of nitrogens with zero attached hydrogens (tertiary/aromatic N) is 1. The minimum atomic E-state index is -1.02. The number of aromatic amines is 2. The van der Waals surface area contributed by atoms with E-state index in [1.807, 2.05) is 0 Å². The van der Waals surface area contributed by atoms with Crippen molar-refractivity contribution in [3.63, 3.8) is 0 Å². The molecule has 2 aromatic carbocycles. The van der Waals surface area contributed by atoms with E-state index in [0.717, 1.165) is 38.1 Å². The van der Waals surface area contributed by atoms with Crippen molar-refractivity contribution in [2.45, 2.75) is 12.8 Å². The van der Waals surface area contributed by atoms with E-state index < -0.39 is 17.2 Å². The molecule has 0 aliphatic carbocycles. The maximum absolute atomic E-state index is 14.1. The van der Waals surface area contributed by atoms with Gasteiger partial charge in [-0.2, -0.15) is 0 Å². The van der Waals surface area contributed by atoms with Crippen LogP contribution < -0.4 is 16.2 Å². The average Bonchev–Trinajstić information content (AvgIpc) is 3.16. The van der Waals surface area contributed by atoms with Crippen LogP contribution in [0.15, 0.2) is 35.1 Å². The van der Waals surface area contributed by atoms with E-state index >= 15 is 0 Å². The standard InChI is InChI=1S/C22H20ClF2N5O/c23-12-1-2-16-18(7-12)29-21(28-16)19-20(27-10-11-3-5-26-6-4-11)13-8-14(24)15(25)9-17(13)30-22(19)31/h1-2,7-9,11,26H,3-6,10H2,(H,28,29)(H2,27,30,31). The van der Waals surface area contributed by atoms with Crippen LogP contribution in [0.3, 0.4) is 0 Å². The third kappa shape index (κ3) is 3.77. The van der Waals surface area contributed by atoms with Crippen LogP contribution in [0.4, 0.5) is 14.5 Å². The molecule has 2 aromatic heterocycles. The van der Waals surface area contributed by atoms with Gasteiger partial charge in [-0.15, -0.1) is 0 Å². The molecule has 4 N–H and O–H groups in total. The van der Waals surface area contributed by atoms with Crippen LogP contribution in [0.2, 0.25) is 5.02 Å². The van der Waals surface area contributed by atoms with Crippen molar-refractivity contribution in [2.75, 3.05) is 25.0 Å². The molecule has 0 spiro atoms. The summed E-state index contributed by atoms with van der Waals surface area (Å²) in [5.41, 5.74) is 1.78. The smallest absolute Gasteiger partial charge is 0.261 e. The maximum atomic E-state index is 14.1. The summed E-state index contributed by atoms with van der Waals surface area (Å²) in [6.45, 7) is 2.47. The molecule has 5 rings (SSSR count). The normalized spacial score (nSPS) is 15.1. The van der Waals surface area contributed by atoms with Crippen LogP contribution in [-0.2, 0) is 0 Å². The number of H-pyrrole nitrogens is 2. The molecule has 6 nitrogen and oxygen atoms in total. The van der Waals surface area contributed by atoms with E-state index in [2.05, 4.69) is 25.6 Å². The average molecular weight is 444 g/mol. The van der Waals surface area contributed by atoms with Crippen molar-refractivity contribution < 1.29 is 8.78 Å². The summed E-state index contributed by atoms with van der Waals surface area (Å²) in [5, 5.41) is 7.58. The Labute approximate surface area is 181 Å². The molecule has 160 valence electrons. The number of benzene rings is 2. The second-order valence-corrected chi connectivity index (χ2v) is 8.27. The highest BCUT2D eigenvalue weighted by Gasteiger charge is 2.21. The summed E-state index contributed by atoms with van der Waals surface area (Å²) in [6, 6.07) is 7.31. The predicted molar refractivity (Wildman–Crippen MR) is 119 cm³/mol. The number of piperidine rings is 1. The fourth-order valence-electron chi connectivity index (χ4n) is 4.13. The number of pyridine rings is 1. The minimum absolute atomic E-state index is 0.222. The highest BCUT2D eigenvalue weighted by atomic mass is 35.5. The lowest BCUT2D eigenvalue weighted by Gasteiger charge is -2.24. The summed E-state index contributed by atoms with van der Waals surface area (Å²) in [6.07, 6.45) is 1.99. The summed E-state index contributed by atoms with van der Waals surface area (Å²) in [7, 11) is 0. The van der Waals surface area contributed by atoms with Gasteiger partial charge in [0.05, 0.1) is 22.2 Å². The van der Waals surface area contributed by atoms with Crippen molar-refractivity contribution in [1.82, 2.24) is 20.3 Å².